The molecule has 0 saturated carbocycles. The second-order valence-corrected chi connectivity index (χ2v) is 8.85. The van der Waals surface area contributed by atoms with Crippen LogP contribution in [0.4, 0.5) is 5.69 Å². The zero-order chi connectivity index (χ0) is 26.9. The maximum Gasteiger partial charge on any atom is 0.307 e. The molecule has 37 heavy (non-hydrogen) atoms. The Kier molecular flexibility index (Phi) is 7.02. The van der Waals surface area contributed by atoms with Crippen LogP contribution >= 0.6 is 0 Å². The molecule has 1 fully saturated rings. The van der Waals surface area contributed by atoms with Gasteiger partial charge in [-0.05, 0) is 66.4 Å². The number of carbonyl (C=O) groups is 3. The molecule has 1 heterocycles. The van der Waals surface area contributed by atoms with Crippen LogP contribution in [0.2, 0.25) is 0 Å². The van der Waals surface area contributed by atoms with E-state index in [0.29, 0.717) is 33.9 Å². The molecule has 0 aromatic heterocycles. The molecule has 2 N–H and O–H groups in total. The van der Waals surface area contributed by atoms with Crippen molar-refractivity contribution < 1.29 is 34.1 Å². The number of aliphatic hydroxyl groups is 1. The van der Waals surface area contributed by atoms with Gasteiger partial charge in [0.1, 0.15) is 17.3 Å². The summed E-state index contributed by atoms with van der Waals surface area (Å²) < 4.78 is 10.9. The van der Waals surface area contributed by atoms with Crippen LogP contribution in [0.3, 0.4) is 0 Å². The molecule has 4 rings (SSSR count). The fourth-order valence-corrected chi connectivity index (χ4v) is 4.72. The van der Waals surface area contributed by atoms with Crippen LogP contribution in [0.15, 0.2) is 66.2 Å². The Bertz CT molecular complexity index is 1420. The SMILES string of the molecule is COc1cccc(C2/C(=C(\O)c3cc(C)cc(C)c3OC)C(=O)C(=O)N2c2ccc(CC(=O)O)cc2)c1. The Hall–Kier alpha value is -4.59. The summed E-state index contributed by atoms with van der Waals surface area (Å²) in [6.07, 6.45) is -0.176. The van der Waals surface area contributed by atoms with E-state index in [9.17, 15) is 19.5 Å². The number of carboxylic acid groups (broad SMARTS) is 1. The standard InChI is InChI=1S/C29H27NO7/c1-16-12-17(2)28(37-4)22(13-16)26(33)24-25(19-6-5-7-21(15-19)36-3)30(29(35)27(24)34)20-10-8-18(9-11-20)14-23(31)32/h5-13,15,25,33H,14H2,1-4H3,(H,31,32)/b26-24+. The molecule has 8 heteroatoms. The highest BCUT2D eigenvalue weighted by atomic mass is 16.5. The lowest BCUT2D eigenvalue weighted by Crippen LogP contribution is -2.29. The number of ether oxygens (including phenoxy) is 2. The Morgan fingerprint density at radius 2 is 1.65 bits per heavy atom. The van der Waals surface area contributed by atoms with Gasteiger partial charge in [0.2, 0.25) is 0 Å². The Morgan fingerprint density at radius 1 is 0.946 bits per heavy atom. The van der Waals surface area contributed by atoms with Crippen LogP contribution < -0.4 is 14.4 Å². The Labute approximate surface area is 214 Å². The lowest BCUT2D eigenvalue weighted by molar-refractivity contribution is -0.136. The minimum Gasteiger partial charge on any atom is -0.507 e. The molecule has 0 bridgehead atoms. The topological polar surface area (TPSA) is 113 Å². The van der Waals surface area contributed by atoms with Crippen LogP contribution in [-0.2, 0) is 20.8 Å². The van der Waals surface area contributed by atoms with E-state index < -0.39 is 23.7 Å². The minimum atomic E-state index is -0.980. The van der Waals surface area contributed by atoms with Crippen molar-refractivity contribution in [1.82, 2.24) is 0 Å². The van der Waals surface area contributed by atoms with Crippen molar-refractivity contribution in [1.29, 1.82) is 0 Å². The molecular weight excluding hydrogens is 474 g/mol. The van der Waals surface area contributed by atoms with Gasteiger partial charge in [-0.2, -0.15) is 0 Å². The highest BCUT2D eigenvalue weighted by Gasteiger charge is 2.47. The third-order valence-electron chi connectivity index (χ3n) is 6.30. The van der Waals surface area contributed by atoms with Gasteiger partial charge < -0.3 is 19.7 Å². The number of hydrogen-bond acceptors (Lipinski definition) is 6. The van der Waals surface area contributed by atoms with Crippen molar-refractivity contribution in [3.8, 4) is 11.5 Å². The number of benzene rings is 3. The number of hydrogen-bond donors (Lipinski definition) is 2. The molecule has 0 radical (unpaired) electrons. The van der Waals surface area contributed by atoms with E-state index in [1.165, 1.54) is 19.1 Å². The van der Waals surface area contributed by atoms with E-state index in [4.69, 9.17) is 14.6 Å². The van der Waals surface area contributed by atoms with Gasteiger partial charge in [-0.1, -0.05) is 30.3 Å². The second kappa shape index (κ2) is 10.2. The fraction of sp³-hybridized carbons (Fsp3) is 0.207. The van der Waals surface area contributed by atoms with Gasteiger partial charge in [-0.15, -0.1) is 0 Å². The number of anilines is 1. The molecule has 1 aliphatic rings. The highest BCUT2D eigenvalue weighted by molar-refractivity contribution is 6.51. The molecule has 1 saturated heterocycles. The van der Waals surface area contributed by atoms with Crippen molar-refractivity contribution in [3.05, 3.63) is 94.1 Å². The predicted octanol–water partition coefficient (Wildman–Crippen LogP) is 4.57. The number of carboxylic acids is 1. The lowest BCUT2D eigenvalue weighted by Gasteiger charge is -2.26. The molecule has 3 aromatic rings. The lowest BCUT2D eigenvalue weighted by atomic mass is 9.93. The average molecular weight is 502 g/mol. The quantitative estimate of drug-likeness (QED) is 0.277. The molecule has 0 spiro atoms. The summed E-state index contributed by atoms with van der Waals surface area (Å²) in [5.74, 6) is -2.07. The average Bonchev–Trinajstić information content (AvgIpc) is 3.13. The minimum absolute atomic E-state index is 0.0869. The summed E-state index contributed by atoms with van der Waals surface area (Å²) in [6, 6.07) is 15.9. The normalized spacial score (nSPS) is 16.6. The molecule has 1 amide bonds. The smallest absolute Gasteiger partial charge is 0.307 e. The first-order chi connectivity index (χ1) is 17.7. The summed E-state index contributed by atoms with van der Waals surface area (Å²) in [7, 11) is 2.99. The van der Waals surface area contributed by atoms with Gasteiger partial charge in [0.05, 0.1) is 37.8 Å². The maximum atomic E-state index is 13.5. The van der Waals surface area contributed by atoms with Crippen molar-refractivity contribution in [3.63, 3.8) is 0 Å². The van der Waals surface area contributed by atoms with Crippen molar-refractivity contribution >= 4 is 29.1 Å². The number of rotatable bonds is 7. The number of carbonyl (C=O) groups excluding carboxylic acids is 2. The number of aryl methyl sites for hydroxylation is 2. The first-order valence-electron chi connectivity index (χ1n) is 11.6. The fourth-order valence-electron chi connectivity index (χ4n) is 4.72. The van der Waals surface area contributed by atoms with Gasteiger partial charge in [-0.3, -0.25) is 19.3 Å². The number of methoxy groups -OCH3 is 2. The van der Waals surface area contributed by atoms with E-state index in [1.54, 1.807) is 54.6 Å². The summed E-state index contributed by atoms with van der Waals surface area (Å²) in [5, 5.41) is 20.6. The Balaban J connectivity index is 1.96. The first kappa shape index (κ1) is 25.5. The maximum absolute atomic E-state index is 13.5. The van der Waals surface area contributed by atoms with Crippen LogP contribution in [0.1, 0.15) is 33.9 Å². The van der Waals surface area contributed by atoms with E-state index in [2.05, 4.69) is 0 Å². The van der Waals surface area contributed by atoms with E-state index in [1.807, 2.05) is 19.9 Å². The largest absolute Gasteiger partial charge is 0.507 e. The summed E-state index contributed by atoms with van der Waals surface area (Å²) in [4.78, 5) is 39.3. The molecule has 8 nitrogen and oxygen atoms in total. The zero-order valence-corrected chi connectivity index (χ0v) is 20.9. The number of nitrogens with zero attached hydrogens (tertiary/aromatic N) is 1. The third kappa shape index (κ3) is 4.78. The number of amides is 1. The monoisotopic (exact) mass is 501 g/mol. The van der Waals surface area contributed by atoms with E-state index in [0.717, 1.165) is 11.1 Å². The first-order valence-corrected chi connectivity index (χ1v) is 11.6. The molecular formula is C29H27NO7. The molecule has 190 valence electrons. The van der Waals surface area contributed by atoms with Crippen molar-refractivity contribution in [2.45, 2.75) is 26.3 Å². The van der Waals surface area contributed by atoms with Gasteiger partial charge in [0.25, 0.3) is 11.7 Å². The van der Waals surface area contributed by atoms with Gasteiger partial charge in [-0.25, -0.2) is 0 Å². The molecule has 1 unspecified atom stereocenters. The van der Waals surface area contributed by atoms with Crippen LogP contribution in [0.25, 0.3) is 5.76 Å². The van der Waals surface area contributed by atoms with Crippen molar-refractivity contribution in [2.75, 3.05) is 19.1 Å². The van der Waals surface area contributed by atoms with Crippen LogP contribution in [-0.4, -0.2) is 42.1 Å². The number of ketones is 1. The van der Waals surface area contributed by atoms with Gasteiger partial charge >= 0.3 is 5.97 Å². The van der Waals surface area contributed by atoms with Crippen LogP contribution in [0.5, 0.6) is 11.5 Å². The highest BCUT2D eigenvalue weighted by Crippen LogP contribution is 2.44. The second-order valence-electron chi connectivity index (χ2n) is 8.85. The molecule has 3 aromatic carbocycles. The van der Waals surface area contributed by atoms with Crippen LogP contribution in [0, 0.1) is 13.8 Å². The number of Topliss-reactive ketones (excluding diaryl/α,β-unsaturated/α-hetero) is 1. The summed E-state index contributed by atoms with van der Waals surface area (Å²) >= 11 is 0. The van der Waals surface area contributed by atoms with Crippen molar-refractivity contribution in [2.24, 2.45) is 0 Å². The molecule has 1 aliphatic heterocycles. The Morgan fingerprint density at radius 3 is 2.27 bits per heavy atom. The number of aliphatic hydroxyl groups excluding tert-OH is 1. The van der Waals surface area contributed by atoms with E-state index in [-0.39, 0.29) is 17.8 Å². The number of aliphatic carboxylic acids is 1. The summed E-state index contributed by atoms with van der Waals surface area (Å²) in [6.45, 7) is 3.69. The predicted molar refractivity (Wildman–Crippen MR) is 138 cm³/mol. The molecule has 1 atom stereocenters. The van der Waals surface area contributed by atoms with Gasteiger partial charge in [0.15, 0.2) is 0 Å². The van der Waals surface area contributed by atoms with E-state index >= 15 is 0 Å². The van der Waals surface area contributed by atoms with Gasteiger partial charge in [0, 0.05) is 5.69 Å². The third-order valence-corrected chi connectivity index (χ3v) is 6.30. The zero-order valence-electron chi connectivity index (χ0n) is 20.9. The molecule has 0 aliphatic carbocycles. The summed E-state index contributed by atoms with van der Waals surface area (Å²) in [5.41, 5.74) is 3.32.